The number of hydrogen-bond acceptors (Lipinski definition) is 8. The summed E-state index contributed by atoms with van der Waals surface area (Å²) in [4.78, 5) is 12.5. The van der Waals surface area contributed by atoms with Crippen molar-refractivity contribution in [2.45, 2.75) is 5.16 Å². The van der Waals surface area contributed by atoms with E-state index in [1.165, 1.54) is 11.8 Å². The van der Waals surface area contributed by atoms with Crippen LogP contribution in [0.2, 0.25) is 0 Å². The van der Waals surface area contributed by atoms with Crippen molar-refractivity contribution in [3.63, 3.8) is 0 Å². The lowest BCUT2D eigenvalue weighted by molar-refractivity contribution is -0.118. The molecule has 4 aromatic rings. The topological polar surface area (TPSA) is 99.9 Å². The summed E-state index contributed by atoms with van der Waals surface area (Å²) in [6.45, 7) is 0. The van der Waals surface area contributed by atoms with Crippen LogP contribution < -0.4 is 19.6 Å². The number of rotatable bonds is 10. The van der Waals surface area contributed by atoms with Crippen LogP contribution in [-0.2, 0) is 4.79 Å². The van der Waals surface area contributed by atoms with Gasteiger partial charge in [-0.1, -0.05) is 58.0 Å². The summed E-state index contributed by atoms with van der Waals surface area (Å²) in [7, 11) is 4.67. The second-order valence-electron chi connectivity index (χ2n) is 7.53. The number of thioether (sulfide) groups is 1. The molecule has 1 amide bonds. The first-order valence-corrected chi connectivity index (χ1v) is 12.8. The zero-order chi connectivity index (χ0) is 26.2. The number of carbonyl (C=O) groups is 1. The Morgan fingerprint density at radius 3 is 2.38 bits per heavy atom. The third-order valence-electron chi connectivity index (χ3n) is 5.15. The SMILES string of the molecule is COc1cc(-c2nnc(SCC(=O)N/N=C\c3cccc(Br)c3)n2-c2ccccc2)cc(OC)c1OC. The van der Waals surface area contributed by atoms with E-state index in [-0.39, 0.29) is 11.7 Å². The number of para-hydroxylation sites is 1. The van der Waals surface area contributed by atoms with E-state index in [9.17, 15) is 4.79 Å². The Morgan fingerprint density at radius 2 is 1.73 bits per heavy atom. The minimum atomic E-state index is -0.270. The van der Waals surface area contributed by atoms with Gasteiger partial charge in [0.1, 0.15) is 0 Å². The number of halogens is 1. The number of nitrogens with zero attached hydrogens (tertiary/aromatic N) is 4. The number of amides is 1. The van der Waals surface area contributed by atoms with Gasteiger partial charge in [-0.2, -0.15) is 5.10 Å². The van der Waals surface area contributed by atoms with E-state index in [1.807, 2.05) is 71.3 Å². The molecule has 37 heavy (non-hydrogen) atoms. The number of nitrogens with one attached hydrogen (secondary N) is 1. The van der Waals surface area contributed by atoms with Gasteiger partial charge in [-0.15, -0.1) is 10.2 Å². The van der Waals surface area contributed by atoms with Crippen molar-refractivity contribution in [1.82, 2.24) is 20.2 Å². The third kappa shape index (κ3) is 6.30. The first-order valence-electron chi connectivity index (χ1n) is 11.1. The molecule has 1 aromatic heterocycles. The van der Waals surface area contributed by atoms with Gasteiger partial charge in [0.15, 0.2) is 22.5 Å². The molecule has 0 aliphatic rings. The van der Waals surface area contributed by atoms with Crippen LogP contribution in [0.25, 0.3) is 17.1 Å². The highest BCUT2D eigenvalue weighted by molar-refractivity contribution is 9.10. The first-order chi connectivity index (χ1) is 18.0. The molecular formula is C26H24BrN5O4S. The van der Waals surface area contributed by atoms with E-state index < -0.39 is 0 Å². The Labute approximate surface area is 227 Å². The smallest absolute Gasteiger partial charge is 0.250 e. The molecule has 0 unspecified atom stereocenters. The zero-order valence-corrected chi connectivity index (χ0v) is 22.7. The first kappa shape index (κ1) is 26.2. The van der Waals surface area contributed by atoms with Gasteiger partial charge < -0.3 is 14.2 Å². The molecule has 0 saturated carbocycles. The number of aromatic nitrogens is 3. The van der Waals surface area contributed by atoms with Gasteiger partial charge in [0.05, 0.1) is 33.3 Å². The standard InChI is InChI=1S/C26H24BrN5O4S/c1-34-21-13-18(14-22(35-2)24(21)36-3)25-30-31-26(32(25)20-10-5-4-6-11-20)37-16-23(33)29-28-15-17-8-7-9-19(27)12-17/h4-15H,16H2,1-3H3,(H,29,33)/b28-15-. The monoisotopic (exact) mass is 581 g/mol. The van der Waals surface area contributed by atoms with Crippen LogP contribution in [0, 0.1) is 0 Å². The van der Waals surface area contributed by atoms with E-state index in [0.29, 0.717) is 33.8 Å². The highest BCUT2D eigenvalue weighted by Crippen LogP contribution is 2.41. The summed E-state index contributed by atoms with van der Waals surface area (Å²) in [5, 5.41) is 13.4. The predicted octanol–water partition coefficient (Wildman–Crippen LogP) is 4.97. The molecule has 0 fully saturated rings. The summed E-state index contributed by atoms with van der Waals surface area (Å²) in [5.74, 6) is 1.85. The summed E-state index contributed by atoms with van der Waals surface area (Å²) >= 11 is 4.66. The molecule has 1 heterocycles. The van der Waals surface area contributed by atoms with Crippen LogP contribution in [0.3, 0.4) is 0 Å². The van der Waals surface area contributed by atoms with Crippen molar-refractivity contribution < 1.29 is 19.0 Å². The number of hydrogen-bond donors (Lipinski definition) is 1. The minimum Gasteiger partial charge on any atom is -0.493 e. The van der Waals surface area contributed by atoms with E-state index in [1.54, 1.807) is 27.5 Å². The fourth-order valence-corrected chi connectivity index (χ4v) is 4.66. The molecular weight excluding hydrogens is 558 g/mol. The lowest BCUT2D eigenvalue weighted by atomic mass is 10.1. The highest BCUT2D eigenvalue weighted by Gasteiger charge is 2.21. The lowest BCUT2D eigenvalue weighted by Crippen LogP contribution is -2.20. The summed E-state index contributed by atoms with van der Waals surface area (Å²) < 4.78 is 19.3. The zero-order valence-electron chi connectivity index (χ0n) is 20.3. The second-order valence-corrected chi connectivity index (χ2v) is 9.39. The average Bonchev–Trinajstić information content (AvgIpc) is 3.35. The maximum absolute atomic E-state index is 12.5. The van der Waals surface area contributed by atoms with Gasteiger partial charge in [-0.25, -0.2) is 5.43 Å². The Balaban J connectivity index is 1.59. The molecule has 0 bridgehead atoms. The van der Waals surface area contributed by atoms with Crippen LogP contribution in [0.15, 0.2) is 81.5 Å². The van der Waals surface area contributed by atoms with E-state index in [0.717, 1.165) is 15.7 Å². The van der Waals surface area contributed by atoms with E-state index >= 15 is 0 Å². The second kappa shape index (κ2) is 12.4. The van der Waals surface area contributed by atoms with Crippen molar-refractivity contribution in [2.75, 3.05) is 27.1 Å². The average molecular weight is 582 g/mol. The van der Waals surface area contributed by atoms with Gasteiger partial charge in [0.25, 0.3) is 5.91 Å². The molecule has 9 nitrogen and oxygen atoms in total. The fraction of sp³-hybridized carbons (Fsp3) is 0.154. The minimum absolute atomic E-state index is 0.0933. The molecule has 4 rings (SSSR count). The summed E-state index contributed by atoms with van der Waals surface area (Å²) in [5.41, 5.74) is 4.96. The van der Waals surface area contributed by atoms with Crippen molar-refractivity contribution in [3.8, 4) is 34.3 Å². The number of hydrazone groups is 1. The Kier molecular flexibility index (Phi) is 8.81. The van der Waals surface area contributed by atoms with Crippen molar-refractivity contribution >= 4 is 39.8 Å². The third-order valence-corrected chi connectivity index (χ3v) is 6.58. The predicted molar refractivity (Wildman–Crippen MR) is 147 cm³/mol. The van der Waals surface area contributed by atoms with Crippen LogP contribution >= 0.6 is 27.7 Å². The molecule has 0 saturated heterocycles. The lowest BCUT2D eigenvalue weighted by Gasteiger charge is -2.15. The summed E-state index contributed by atoms with van der Waals surface area (Å²) in [6, 6.07) is 20.9. The number of methoxy groups -OCH3 is 3. The number of benzene rings is 3. The fourth-order valence-electron chi connectivity index (χ4n) is 3.50. The number of ether oxygens (including phenoxy) is 3. The van der Waals surface area contributed by atoms with Crippen molar-refractivity contribution in [2.24, 2.45) is 5.10 Å². The van der Waals surface area contributed by atoms with Gasteiger partial charge in [0, 0.05) is 15.7 Å². The molecule has 0 aliphatic heterocycles. The molecule has 1 N–H and O–H groups in total. The Bertz CT molecular complexity index is 1390. The highest BCUT2D eigenvalue weighted by atomic mass is 79.9. The normalized spacial score (nSPS) is 10.9. The number of carbonyl (C=O) groups excluding carboxylic acids is 1. The maximum Gasteiger partial charge on any atom is 0.250 e. The quantitative estimate of drug-likeness (QED) is 0.160. The van der Waals surface area contributed by atoms with Gasteiger partial charge in [-0.05, 0) is 42.0 Å². The molecule has 0 radical (unpaired) electrons. The maximum atomic E-state index is 12.5. The van der Waals surface area contributed by atoms with Gasteiger partial charge in [0.2, 0.25) is 5.75 Å². The molecule has 190 valence electrons. The van der Waals surface area contributed by atoms with Crippen LogP contribution in [0.5, 0.6) is 17.2 Å². The molecule has 3 aromatic carbocycles. The van der Waals surface area contributed by atoms with Crippen LogP contribution in [0.4, 0.5) is 0 Å². The molecule has 0 spiro atoms. The summed E-state index contributed by atoms with van der Waals surface area (Å²) in [6.07, 6.45) is 1.59. The van der Waals surface area contributed by atoms with E-state index in [4.69, 9.17) is 14.2 Å². The Morgan fingerprint density at radius 1 is 1.00 bits per heavy atom. The molecule has 11 heteroatoms. The van der Waals surface area contributed by atoms with Crippen LogP contribution in [0.1, 0.15) is 5.56 Å². The van der Waals surface area contributed by atoms with Gasteiger partial charge in [-0.3, -0.25) is 9.36 Å². The van der Waals surface area contributed by atoms with Crippen LogP contribution in [-0.4, -0.2) is 54.0 Å². The van der Waals surface area contributed by atoms with Crippen molar-refractivity contribution in [1.29, 1.82) is 0 Å². The Hall–Kier alpha value is -3.83. The largest absolute Gasteiger partial charge is 0.493 e. The van der Waals surface area contributed by atoms with E-state index in [2.05, 4.69) is 36.7 Å². The molecule has 0 atom stereocenters. The molecule has 0 aliphatic carbocycles. The van der Waals surface area contributed by atoms with Gasteiger partial charge >= 0.3 is 0 Å². The van der Waals surface area contributed by atoms with Crippen molar-refractivity contribution in [3.05, 3.63) is 76.8 Å².